The van der Waals surface area contributed by atoms with Crippen molar-refractivity contribution in [1.82, 2.24) is 0 Å². The van der Waals surface area contributed by atoms with Crippen LogP contribution in [-0.4, -0.2) is 39.8 Å². The first kappa shape index (κ1) is 19.7. The minimum Gasteiger partial charge on any atom is -0.481 e. The van der Waals surface area contributed by atoms with E-state index in [-0.39, 0.29) is 19.3 Å². The summed E-state index contributed by atoms with van der Waals surface area (Å²) in [5, 5.41) is 24.4. The van der Waals surface area contributed by atoms with Crippen molar-refractivity contribution >= 4 is 17.9 Å². The Labute approximate surface area is 112 Å². The summed E-state index contributed by atoms with van der Waals surface area (Å²) in [6.07, 6.45) is 3.92. The van der Waals surface area contributed by atoms with E-state index in [1.807, 2.05) is 0 Å². The zero-order valence-corrected chi connectivity index (χ0v) is 11.0. The van der Waals surface area contributed by atoms with Gasteiger partial charge in [0.05, 0.1) is 0 Å². The molecule has 0 bridgehead atoms. The van der Waals surface area contributed by atoms with Crippen LogP contribution in [-0.2, 0) is 14.4 Å². The molecule has 0 aliphatic heterocycles. The van der Waals surface area contributed by atoms with Crippen LogP contribution in [0.4, 0.5) is 0 Å². The maximum Gasteiger partial charge on any atom is 0.303 e. The van der Waals surface area contributed by atoms with Crippen LogP contribution in [0.2, 0.25) is 0 Å². The number of nitrogens with two attached hydrogens (primary N) is 1. The zero-order chi connectivity index (χ0) is 15.1. The SMILES string of the molecule is NCCCCCC(=O)O.O=C(O)CCCCC(=O)O. The minimum absolute atomic E-state index is 0.0628. The Balaban J connectivity index is 0. The Morgan fingerprint density at radius 3 is 1.21 bits per heavy atom. The third-order valence-corrected chi connectivity index (χ3v) is 2.13. The normalized spacial score (nSPS) is 9.32. The summed E-state index contributed by atoms with van der Waals surface area (Å²) >= 11 is 0. The Morgan fingerprint density at radius 1 is 0.632 bits per heavy atom. The number of aliphatic carboxylic acids is 3. The van der Waals surface area contributed by atoms with E-state index in [4.69, 9.17) is 21.1 Å². The highest BCUT2D eigenvalue weighted by molar-refractivity contribution is 5.68. The second-order valence-electron chi connectivity index (χ2n) is 3.99. The predicted molar refractivity (Wildman–Crippen MR) is 68.9 cm³/mol. The van der Waals surface area contributed by atoms with Gasteiger partial charge in [-0.3, -0.25) is 14.4 Å². The van der Waals surface area contributed by atoms with E-state index in [1.54, 1.807) is 0 Å². The number of rotatable bonds is 10. The molecule has 0 saturated heterocycles. The lowest BCUT2D eigenvalue weighted by Gasteiger charge is -1.93. The smallest absolute Gasteiger partial charge is 0.303 e. The second-order valence-corrected chi connectivity index (χ2v) is 3.99. The molecule has 0 radical (unpaired) electrons. The van der Waals surface area contributed by atoms with Gasteiger partial charge in [-0.25, -0.2) is 0 Å². The average Bonchev–Trinajstić information content (AvgIpc) is 2.30. The van der Waals surface area contributed by atoms with E-state index in [9.17, 15) is 14.4 Å². The van der Waals surface area contributed by atoms with Gasteiger partial charge in [-0.15, -0.1) is 0 Å². The van der Waals surface area contributed by atoms with Crippen molar-refractivity contribution in [2.45, 2.75) is 51.4 Å². The summed E-state index contributed by atoms with van der Waals surface area (Å²) in [7, 11) is 0. The first-order valence-corrected chi connectivity index (χ1v) is 6.25. The minimum atomic E-state index is -0.870. The summed E-state index contributed by atoms with van der Waals surface area (Å²) in [6.45, 7) is 0.666. The van der Waals surface area contributed by atoms with Gasteiger partial charge < -0.3 is 21.1 Å². The van der Waals surface area contributed by atoms with Crippen LogP contribution in [0.5, 0.6) is 0 Å². The van der Waals surface area contributed by atoms with Crippen LogP contribution in [0.1, 0.15) is 51.4 Å². The van der Waals surface area contributed by atoms with Gasteiger partial charge in [-0.05, 0) is 32.2 Å². The van der Waals surface area contributed by atoms with Crippen LogP contribution in [0, 0.1) is 0 Å². The van der Waals surface area contributed by atoms with Gasteiger partial charge >= 0.3 is 17.9 Å². The molecule has 0 aliphatic carbocycles. The molecule has 0 amide bonds. The fourth-order valence-electron chi connectivity index (χ4n) is 1.15. The molecule has 7 nitrogen and oxygen atoms in total. The standard InChI is InChI=1S/C6H13NO2.C6H10O4/c7-5-3-1-2-4-6(8)9;7-5(8)3-1-2-4-6(9)10/h1-5,7H2,(H,8,9);1-4H2,(H,7,8)(H,9,10). The molecule has 0 rings (SSSR count). The molecule has 0 spiro atoms. The van der Waals surface area contributed by atoms with E-state index < -0.39 is 17.9 Å². The topological polar surface area (TPSA) is 138 Å². The monoisotopic (exact) mass is 277 g/mol. The number of unbranched alkanes of at least 4 members (excludes halogenated alkanes) is 3. The van der Waals surface area contributed by atoms with Crippen LogP contribution < -0.4 is 5.73 Å². The van der Waals surface area contributed by atoms with Gasteiger partial charge in [0, 0.05) is 19.3 Å². The van der Waals surface area contributed by atoms with Gasteiger partial charge in [0.1, 0.15) is 0 Å². The zero-order valence-electron chi connectivity index (χ0n) is 11.0. The highest BCUT2D eigenvalue weighted by Gasteiger charge is 1.99. The number of hydrogen-bond acceptors (Lipinski definition) is 4. The fraction of sp³-hybridized carbons (Fsp3) is 0.750. The Morgan fingerprint density at radius 2 is 0.947 bits per heavy atom. The molecule has 0 aromatic heterocycles. The highest BCUT2D eigenvalue weighted by atomic mass is 16.4. The maximum absolute atomic E-state index is 9.93. The van der Waals surface area contributed by atoms with Gasteiger partial charge in [-0.1, -0.05) is 6.42 Å². The number of carboxylic acid groups (broad SMARTS) is 3. The lowest BCUT2D eigenvalue weighted by Crippen LogP contribution is -1.99. The highest BCUT2D eigenvalue weighted by Crippen LogP contribution is 1.98. The largest absolute Gasteiger partial charge is 0.481 e. The molecule has 5 N–H and O–H groups in total. The second kappa shape index (κ2) is 14.4. The lowest BCUT2D eigenvalue weighted by atomic mass is 10.2. The molecule has 0 atom stereocenters. The quantitative estimate of drug-likeness (QED) is 0.441. The third-order valence-electron chi connectivity index (χ3n) is 2.13. The maximum atomic E-state index is 9.93. The molecule has 0 heterocycles. The first-order valence-electron chi connectivity index (χ1n) is 6.25. The summed E-state index contributed by atoms with van der Waals surface area (Å²) in [4.78, 5) is 29.7. The van der Waals surface area contributed by atoms with Crippen molar-refractivity contribution < 1.29 is 29.7 Å². The van der Waals surface area contributed by atoms with E-state index in [0.29, 0.717) is 19.4 Å². The summed E-state index contributed by atoms with van der Waals surface area (Å²) in [5.41, 5.74) is 5.20. The predicted octanol–water partition coefficient (Wildman–Crippen LogP) is 1.31. The van der Waals surface area contributed by atoms with Gasteiger partial charge in [0.25, 0.3) is 0 Å². The van der Waals surface area contributed by atoms with Crippen molar-refractivity contribution in [3.8, 4) is 0 Å². The third kappa shape index (κ3) is 26.1. The number of hydrogen-bond donors (Lipinski definition) is 4. The Kier molecular flexibility index (Phi) is 15.0. The van der Waals surface area contributed by atoms with E-state index in [2.05, 4.69) is 0 Å². The van der Waals surface area contributed by atoms with E-state index in [0.717, 1.165) is 19.3 Å². The van der Waals surface area contributed by atoms with Crippen molar-refractivity contribution in [2.75, 3.05) is 6.54 Å². The first-order chi connectivity index (χ1) is 8.90. The fourth-order valence-corrected chi connectivity index (χ4v) is 1.15. The molecular weight excluding hydrogens is 254 g/mol. The van der Waals surface area contributed by atoms with Gasteiger partial charge in [0.2, 0.25) is 0 Å². The van der Waals surface area contributed by atoms with Crippen molar-refractivity contribution in [2.24, 2.45) is 5.73 Å². The average molecular weight is 277 g/mol. The van der Waals surface area contributed by atoms with Crippen molar-refractivity contribution in [3.05, 3.63) is 0 Å². The van der Waals surface area contributed by atoms with Crippen molar-refractivity contribution in [1.29, 1.82) is 0 Å². The van der Waals surface area contributed by atoms with Crippen LogP contribution in [0.25, 0.3) is 0 Å². The molecule has 112 valence electrons. The number of carbonyl (C=O) groups is 3. The molecule has 0 saturated carbocycles. The van der Waals surface area contributed by atoms with Crippen LogP contribution >= 0.6 is 0 Å². The van der Waals surface area contributed by atoms with Crippen LogP contribution in [0.15, 0.2) is 0 Å². The van der Waals surface area contributed by atoms with Gasteiger partial charge in [-0.2, -0.15) is 0 Å². The van der Waals surface area contributed by atoms with Crippen LogP contribution in [0.3, 0.4) is 0 Å². The molecule has 0 aromatic rings. The molecule has 0 unspecified atom stereocenters. The summed E-state index contributed by atoms with van der Waals surface area (Å²) in [6, 6.07) is 0. The Hall–Kier alpha value is -1.63. The lowest BCUT2D eigenvalue weighted by molar-refractivity contribution is -0.139. The molecule has 7 heteroatoms. The molecular formula is C12H23NO6. The molecule has 19 heavy (non-hydrogen) atoms. The van der Waals surface area contributed by atoms with Crippen molar-refractivity contribution in [3.63, 3.8) is 0 Å². The summed E-state index contributed by atoms with van der Waals surface area (Å²) < 4.78 is 0. The number of carboxylic acids is 3. The molecule has 0 aromatic carbocycles. The molecule has 0 fully saturated rings. The summed E-state index contributed by atoms with van der Waals surface area (Å²) in [5.74, 6) is -2.46. The molecule has 0 aliphatic rings. The van der Waals surface area contributed by atoms with E-state index >= 15 is 0 Å². The Bertz CT molecular complexity index is 251. The van der Waals surface area contributed by atoms with Gasteiger partial charge in [0.15, 0.2) is 0 Å². The van der Waals surface area contributed by atoms with E-state index in [1.165, 1.54) is 0 Å².